The highest BCUT2D eigenvalue weighted by atomic mass is 32.1. The lowest BCUT2D eigenvalue weighted by Crippen LogP contribution is -1.78. The van der Waals surface area contributed by atoms with Crippen molar-refractivity contribution in [2.75, 3.05) is 0 Å². The molecule has 0 saturated carbocycles. The van der Waals surface area contributed by atoms with Gasteiger partial charge in [-0.25, -0.2) is 4.98 Å². The third-order valence-electron chi connectivity index (χ3n) is 1.29. The quantitative estimate of drug-likeness (QED) is 0.562. The maximum Gasteiger partial charge on any atom is 0.153 e. The van der Waals surface area contributed by atoms with Crippen LogP contribution in [0.1, 0.15) is 0 Å². The minimum absolute atomic E-state index is 0.659. The molecule has 50 valence electrons. The average molecular weight is 151 g/mol. The van der Waals surface area contributed by atoms with Crippen LogP contribution in [-0.2, 0) is 0 Å². The Balaban J connectivity index is 2.99. The van der Waals surface area contributed by atoms with Gasteiger partial charge in [0.15, 0.2) is 5.65 Å². The number of nitrogens with one attached hydrogen (secondary N) is 2. The number of rotatable bonds is 0. The summed E-state index contributed by atoms with van der Waals surface area (Å²) in [5.74, 6) is 0. The molecule has 0 aliphatic carbocycles. The molecule has 0 aliphatic rings. The molecule has 2 aromatic heterocycles. The summed E-state index contributed by atoms with van der Waals surface area (Å²) >= 11 is 4.87. The van der Waals surface area contributed by atoms with Crippen molar-refractivity contribution in [1.82, 2.24) is 15.0 Å². The minimum atomic E-state index is 0.659. The fourth-order valence-electron chi connectivity index (χ4n) is 0.856. The second-order valence-electron chi connectivity index (χ2n) is 1.99. The Morgan fingerprint density at radius 1 is 1.50 bits per heavy atom. The second-order valence-corrected chi connectivity index (χ2v) is 2.43. The number of H-pyrrole nitrogens is 2. The van der Waals surface area contributed by atoms with E-state index in [0.717, 1.165) is 11.2 Å². The maximum absolute atomic E-state index is 4.87. The first kappa shape index (κ1) is 5.61. The fourth-order valence-corrected chi connectivity index (χ4v) is 1.02. The lowest BCUT2D eigenvalue weighted by atomic mass is 10.5. The molecule has 0 atom stereocenters. The van der Waals surface area contributed by atoms with E-state index in [2.05, 4.69) is 15.0 Å². The molecule has 3 nitrogen and oxygen atoms in total. The van der Waals surface area contributed by atoms with E-state index in [9.17, 15) is 0 Å². The van der Waals surface area contributed by atoms with Gasteiger partial charge in [0.25, 0.3) is 0 Å². The molecule has 4 heteroatoms. The Labute approximate surface area is 62.1 Å². The molecule has 0 amide bonds. The summed E-state index contributed by atoms with van der Waals surface area (Å²) in [5, 5.41) is 0. The van der Waals surface area contributed by atoms with Gasteiger partial charge in [-0.05, 0) is 6.07 Å². The van der Waals surface area contributed by atoms with Gasteiger partial charge in [0.1, 0.15) is 4.64 Å². The first-order valence-electron chi connectivity index (χ1n) is 2.89. The molecular weight excluding hydrogens is 146 g/mol. The molecule has 2 rings (SSSR count). The SMILES string of the molecule is S=c1cnc2[nH]ccc2[nH]1. The first-order chi connectivity index (χ1) is 4.86. The number of hydrogen-bond donors (Lipinski definition) is 2. The van der Waals surface area contributed by atoms with E-state index in [4.69, 9.17) is 12.2 Å². The molecular formula is C6H5N3S. The van der Waals surface area contributed by atoms with Crippen LogP contribution >= 0.6 is 12.2 Å². The van der Waals surface area contributed by atoms with Crippen molar-refractivity contribution in [3.05, 3.63) is 23.1 Å². The topological polar surface area (TPSA) is 44.5 Å². The summed E-state index contributed by atoms with van der Waals surface area (Å²) in [4.78, 5) is 10.00. The van der Waals surface area contributed by atoms with Crippen LogP contribution in [0, 0.1) is 4.64 Å². The van der Waals surface area contributed by atoms with Gasteiger partial charge in [0.2, 0.25) is 0 Å². The number of aromatic amines is 2. The molecule has 0 fully saturated rings. The van der Waals surface area contributed by atoms with E-state index in [1.54, 1.807) is 6.20 Å². The largest absolute Gasteiger partial charge is 0.345 e. The molecule has 0 saturated heterocycles. The van der Waals surface area contributed by atoms with Crippen LogP contribution in [0.15, 0.2) is 18.5 Å². The second kappa shape index (κ2) is 1.91. The van der Waals surface area contributed by atoms with Crippen molar-refractivity contribution in [3.63, 3.8) is 0 Å². The molecule has 0 radical (unpaired) electrons. The Bertz CT molecular complexity index is 400. The number of fused-ring (bicyclic) bond motifs is 1. The van der Waals surface area contributed by atoms with Crippen molar-refractivity contribution in [1.29, 1.82) is 0 Å². The van der Waals surface area contributed by atoms with Crippen LogP contribution in [0.25, 0.3) is 11.2 Å². The first-order valence-corrected chi connectivity index (χ1v) is 3.29. The summed E-state index contributed by atoms with van der Waals surface area (Å²) < 4.78 is 0.659. The van der Waals surface area contributed by atoms with Gasteiger partial charge in [-0.15, -0.1) is 0 Å². The number of nitrogens with zero attached hydrogens (tertiary/aromatic N) is 1. The van der Waals surface area contributed by atoms with E-state index in [1.807, 2.05) is 12.3 Å². The third-order valence-corrected chi connectivity index (χ3v) is 1.50. The van der Waals surface area contributed by atoms with Crippen LogP contribution in [0.3, 0.4) is 0 Å². The summed E-state index contributed by atoms with van der Waals surface area (Å²) in [5.41, 5.74) is 1.79. The maximum atomic E-state index is 4.87. The zero-order valence-electron chi connectivity index (χ0n) is 5.09. The number of hydrogen-bond acceptors (Lipinski definition) is 2. The summed E-state index contributed by atoms with van der Waals surface area (Å²) in [6.07, 6.45) is 3.44. The van der Waals surface area contributed by atoms with Gasteiger partial charge in [0, 0.05) is 6.20 Å². The highest BCUT2D eigenvalue weighted by Gasteiger charge is 1.90. The minimum Gasteiger partial charge on any atom is -0.345 e. The van der Waals surface area contributed by atoms with Gasteiger partial charge >= 0.3 is 0 Å². The van der Waals surface area contributed by atoms with E-state index < -0.39 is 0 Å². The summed E-state index contributed by atoms with van der Waals surface area (Å²) in [6.45, 7) is 0. The van der Waals surface area contributed by atoms with Crippen LogP contribution in [0.4, 0.5) is 0 Å². The summed E-state index contributed by atoms with van der Waals surface area (Å²) in [7, 11) is 0. The lowest BCUT2D eigenvalue weighted by molar-refractivity contribution is 1.24. The molecule has 10 heavy (non-hydrogen) atoms. The number of aromatic nitrogens is 3. The molecule has 0 bridgehead atoms. The van der Waals surface area contributed by atoms with Gasteiger partial charge in [0.05, 0.1) is 11.7 Å². The third kappa shape index (κ3) is 0.733. The van der Waals surface area contributed by atoms with Crippen LogP contribution < -0.4 is 0 Å². The van der Waals surface area contributed by atoms with Crippen molar-refractivity contribution < 1.29 is 0 Å². The normalized spacial score (nSPS) is 10.4. The Morgan fingerprint density at radius 3 is 3.30 bits per heavy atom. The molecule has 0 aromatic carbocycles. The fraction of sp³-hybridized carbons (Fsp3) is 0. The van der Waals surface area contributed by atoms with Gasteiger partial charge in [-0.2, -0.15) is 0 Å². The van der Waals surface area contributed by atoms with Crippen molar-refractivity contribution in [2.45, 2.75) is 0 Å². The van der Waals surface area contributed by atoms with E-state index >= 15 is 0 Å². The van der Waals surface area contributed by atoms with Crippen molar-refractivity contribution in [3.8, 4) is 0 Å². The van der Waals surface area contributed by atoms with Crippen LogP contribution in [0.5, 0.6) is 0 Å². The molecule has 0 unspecified atom stereocenters. The Morgan fingerprint density at radius 2 is 2.40 bits per heavy atom. The average Bonchev–Trinajstić information content (AvgIpc) is 2.33. The zero-order valence-corrected chi connectivity index (χ0v) is 5.90. The van der Waals surface area contributed by atoms with Gasteiger partial charge < -0.3 is 9.97 Å². The van der Waals surface area contributed by atoms with Crippen LogP contribution in [-0.4, -0.2) is 15.0 Å². The van der Waals surface area contributed by atoms with Gasteiger partial charge in [-0.1, -0.05) is 12.2 Å². The monoisotopic (exact) mass is 151 g/mol. The summed E-state index contributed by atoms with van der Waals surface area (Å²) in [6, 6.07) is 1.90. The lowest BCUT2D eigenvalue weighted by Gasteiger charge is -1.85. The molecule has 0 aliphatic heterocycles. The molecule has 2 N–H and O–H groups in total. The highest BCUT2D eigenvalue weighted by molar-refractivity contribution is 7.71. The smallest absolute Gasteiger partial charge is 0.153 e. The van der Waals surface area contributed by atoms with E-state index in [0.29, 0.717) is 4.64 Å². The molecule has 2 aromatic rings. The Kier molecular flexibility index (Phi) is 1.07. The van der Waals surface area contributed by atoms with E-state index in [-0.39, 0.29) is 0 Å². The molecule has 2 heterocycles. The van der Waals surface area contributed by atoms with Crippen molar-refractivity contribution >= 4 is 23.4 Å². The predicted octanol–water partition coefficient (Wildman–Crippen LogP) is 1.62. The Hall–Kier alpha value is -1.16. The van der Waals surface area contributed by atoms with Crippen molar-refractivity contribution in [2.24, 2.45) is 0 Å². The highest BCUT2D eigenvalue weighted by Crippen LogP contribution is 2.03. The van der Waals surface area contributed by atoms with Crippen LogP contribution in [0.2, 0.25) is 0 Å². The predicted molar refractivity (Wildman–Crippen MR) is 41.3 cm³/mol. The van der Waals surface area contributed by atoms with E-state index in [1.165, 1.54) is 0 Å². The zero-order chi connectivity index (χ0) is 6.97. The molecule has 0 spiro atoms. The van der Waals surface area contributed by atoms with Gasteiger partial charge in [-0.3, -0.25) is 0 Å². The standard InChI is InChI=1S/C6H5N3S/c10-5-3-8-6-4(9-5)1-2-7-6/h1-3H,(H,7,8)(H,9,10).